The monoisotopic (exact) mass is 282 g/mol. The molecule has 2 rings (SSSR count). The quantitative estimate of drug-likeness (QED) is 0.720. The molecule has 2 fully saturated rings. The Kier molecular flexibility index (Phi) is 4.54. The third-order valence-electron chi connectivity index (χ3n) is 4.12. The first-order valence-electron chi connectivity index (χ1n) is 6.45. The number of hydrogen-bond acceptors (Lipinski definition) is 0. The average molecular weight is 282 g/mol. The van der Waals surface area contributed by atoms with Crippen molar-refractivity contribution in [3.8, 4) is 0 Å². The van der Waals surface area contributed by atoms with Gasteiger partial charge in [-0.25, -0.2) is 0 Å². The van der Waals surface area contributed by atoms with Crippen LogP contribution in [0.5, 0.6) is 0 Å². The summed E-state index contributed by atoms with van der Waals surface area (Å²) in [7, 11) is 0. The molecule has 2 aliphatic carbocycles. The van der Waals surface area contributed by atoms with E-state index >= 15 is 0 Å². The van der Waals surface area contributed by atoms with Crippen LogP contribution in [-0.2, 0) is 0 Å². The van der Waals surface area contributed by atoms with E-state index in [-0.39, 0.29) is 22.9 Å². The Labute approximate surface area is 94.2 Å². The van der Waals surface area contributed by atoms with Gasteiger partial charge >= 0.3 is 94.5 Å². The molecule has 0 amide bonds. The molecule has 0 aliphatic heterocycles. The van der Waals surface area contributed by atoms with E-state index in [1.807, 2.05) is 0 Å². The summed E-state index contributed by atoms with van der Waals surface area (Å²) in [5, 5.41) is 0. The molecule has 0 N–H and O–H groups in total. The first-order chi connectivity index (χ1) is 6.45. The summed E-state index contributed by atoms with van der Waals surface area (Å²) in [5.41, 5.74) is 0. The number of hydrogen-bond donors (Lipinski definition) is 0. The fourth-order valence-electron chi connectivity index (χ4n) is 3.32. The van der Waals surface area contributed by atoms with Crippen LogP contribution in [0.15, 0.2) is 0 Å². The van der Waals surface area contributed by atoms with E-state index in [1.54, 1.807) is 64.2 Å². The molecular weight excluding hydrogens is 259 g/mol. The van der Waals surface area contributed by atoms with Gasteiger partial charge in [0.15, 0.2) is 0 Å². The van der Waals surface area contributed by atoms with E-state index in [0.29, 0.717) is 0 Å². The van der Waals surface area contributed by atoms with Gasteiger partial charge < -0.3 is 0 Å². The second-order valence-electron chi connectivity index (χ2n) is 5.24. The fraction of sp³-hybridized carbons (Fsp3) is 1.00. The van der Waals surface area contributed by atoms with Crippen LogP contribution in [0, 0.1) is 0 Å². The molecular formula is C12H23In. The Hall–Kier alpha value is 0.870. The predicted octanol–water partition coefficient (Wildman–Crippen LogP) is 3.93. The maximum atomic E-state index is 1.65. The fourth-order valence-corrected chi connectivity index (χ4v) is 12.0. The third-order valence-corrected chi connectivity index (χ3v) is 12.6. The molecule has 0 saturated heterocycles. The summed E-state index contributed by atoms with van der Waals surface area (Å²) in [4.78, 5) is 0. The van der Waals surface area contributed by atoms with Crippen molar-refractivity contribution in [3.05, 3.63) is 0 Å². The van der Waals surface area contributed by atoms with Crippen LogP contribution < -0.4 is 0 Å². The first kappa shape index (κ1) is 10.4. The van der Waals surface area contributed by atoms with Gasteiger partial charge in [-0.1, -0.05) is 0 Å². The Morgan fingerprint density at radius 2 is 0.923 bits per heavy atom. The van der Waals surface area contributed by atoms with Crippen LogP contribution in [0.25, 0.3) is 0 Å². The summed E-state index contributed by atoms with van der Waals surface area (Å²) in [6.07, 6.45) is 16.0. The minimum absolute atomic E-state index is 0.327. The third kappa shape index (κ3) is 3.49. The van der Waals surface area contributed by atoms with Gasteiger partial charge in [-0.2, -0.15) is 0 Å². The Bertz CT molecular complexity index is 116. The second kappa shape index (κ2) is 5.68. The summed E-state index contributed by atoms with van der Waals surface area (Å²) < 4.78 is 2.66. The summed E-state index contributed by atoms with van der Waals surface area (Å²) in [5.74, 6) is 0. The molecule has 0 radical (unpaired) electrons. The van der Waals surface area contributed by atoms with Gasteiger partial charge in [0.1, 0.15) is 0 Å². The Morgan fingerprint density at radius 1 is 0.538 bits per heavy atom. The molecule has 0 aromatic carbocycles. The van der Waals surface area contributed by atoms with E-state index < -0.39 is 0 Å². The van der Waals surface area contributed by atoms with E-state index in [9.17, 15) is 0 Å². The van der Waals surface area contributed by atoms with E-state index in [2.05, 4.69) is 0 Å². The van der Waals surface area contributed by atoms with Crippen molar-refractivity contribution in [1.29, 1.82) is 0 Å². The molecule has 0 aromatic heterocycles. The molecule has 0 heterocycles. The van der Waals surface area contributed by atoms with Crippen LogP contribution in [0.4, 0.5) is 0 Å². The predicted molar refractivity (Wildman–Crippen MR) is 60.8 cm³/mol. The van der Waals surface area contributed by atoms with Gasteiger partial charge in [-0.15, -0.1) is 0 Å². The Morgan fingerprint density at radius 3 is 1.31 bits per heavy atom. The molecule has 0 spiro atoms. The Balaban J connectivity index is 1.69. The van der Waals surface area contributed by atoms with Crippen molar-refractivity contribution in [2.24, 2.45) is 0 Å². The van der Waals surface area contributed by atoms with Crippen molar-refractivity contribution < 1.29 is 0 Å². The van der Waals surface area contributed by atoms with Crippen LogP contribution in [0.2, 0.25) is 7.35 Å². The molecule has 0 atom stereocenters. The molecule has 2 saturated carbocycles. The molecule has 0 bridgehead atoms. The minimum atomic E-state index is -0.327. The summed E-state index contributed by atoms with van der Waals surface area (Å²) >= 11 is -0.327. The maximum absolute atomic E-state index is 1.65. The molecule has 1 heteroatoms. The van der Waals surface area contributed by atoms with E-state index in [0.717, 1.165) is 0 Å². The molecule has 0 nitrogen and oxygen atoms in total. The van der Waals surface area contributed by atoms with Crippen LogP contribution in [-0.4, -0.2) is 22.9 Å². The van der Waals surface area contributed by atoms with Crippen LogP contribution in [0.1, 0.15) is 64.2 Å². The van der Waals surface area contributed by atoms with Crippen molar-refractivity contribution in [3.63, 3.8) is 0 Å². The summed E-state index contributed by atoms with van der Waals surface area (Å²) in [6.45, 7) is 0. The second-order valence-corrected chi connectivity index (χ2v) is 13.2. The molecule has 0 unspecified atom stereocenters. The van der Waals surface area contributed by atoms with Gasteiger partial charge in [0.25, 0.3) is 0 Å². The first-order valence-corrected chi connectivity index (χ1v) is 11.1. The topological polar surface area (TPSA) is 0 Å². The van der Waals surface area contributed by atoms with Gasteiger partial charge in [0, 0.05) is 0 Å². The molecule has 2 aliphatic rings. The zero-order valence-electron chi connectivity index (χ0n) is 8.93. The molecule has 74 valence electrons. The molecule has 13 heavy (non-hydrogen) atoms. The van der Waals surface area contributed by atoms with E-state index in [1.165, 1.54) is 7.35 Å². The van der Waals surface area contributed by atoms with Crippen LogP contribution in [0.3, 0.4) is 0 Å². The van der Waals surface area contributed by atoms with Crippen LogP contribution >= 0.6 is 0 Å². The molecule has 0 aromatic rings. The van der Waals surface area contributed by atoms with Gasteiger partial charge in [0.2, 0.25) is 0 Å². The standard InChI is InChI=1S/2C6H11.In.H/c2*1-2-4-6-5-3-1;;/h2*1H,2-6H2;;. The van der Waals surface area contributed by atoms with Crippen molar-refractivity contribution >= 4 is 22.9 Å². The van der Waals surface area contributed by atoms with Gasteiger partial charge in [-0.05, 0) is 0 Å². The average Bonchev–Trinajstić information content (AvgIpc) is 2.21. The SMILES string of the molecule is C1CC[CH]([InH][CH]2CCCCC2)CC1. The van der Waals surface area contributed by atoms with Crippen molar-refractivity contribution in [1.82, 2.24) is 0 Å². The summed E-state index contributed by atoms with van der Waals surface area (Å²) in [6, 6.07) is 0. The van der Waals surface area contributed by atoms with Crippen molar-refractivity contribution in [2.45, 2.75) is 71.6 Å². The zero-order valence-corrected chi connectivity index (χ0v) is 13.0. The van der Waals surface area contributed by atoms with Crippen molar-refractivity contribution in [2.75, 3.05) is 0 Å². The normalized spacial score (nSPS) is 27.4. The van der Waals surface area contributed by atoms with Gasteiger partial charge in [0.05, 0.1) is 0 Å². The van der Waals surface area contributed by atoms with E-state index in [4.69, 9.17) is 0 Å². The zero-order chi connectivity index (χ0) is 8.93. The van der Waals surface area contributed by atoms with Gasteiger partial charge in [-0.3, -0.25) is 0 Å². The number of rotatable bonds is 2.